The summed E-state index contributed by atoms with van der Waals surface area (Å²) in [7, 11) is 5.13. The molecule has 1 unspecified atom stereocenters. The maximum atomic E-state index is 13.7. The predicted octanol–water partition coefficient (Wildman–Crippen LogP) is 3.49. The van der Waals surface area contributed by atoms with E-state index in [0.717, 1.165) is 29.7 Å². The number of hydrogen-bond acceptors (Lipinski definition) is 4. The van der Waals surface area contributed by atoms with Gasteiger partial charge in [0.1, 0.15) is 5.75 Å². The van der Waals surface area contributed by atoms with Gasteiger partial charge in [-0.2, -0.15) is 0 Å². The topological polar surface area (TPSA) is 61.9 Å². The average Bonchev–Trinajstić information content (AvgIpc) is 3.29. The van der Waals surface area contributed by atoms with Crippen LogP contribution in [0.4, 0.5) is 5.69 Å². The van der Waals surface area contributed by atoms with E-state index in [4.69, 9.17) is 16.3 Å². The second-order valence-electron chi connectivity index (χ2n) is 8.07. The minimum Gasteiger partial charge on any atom is -0.497 e. The van der Waals surface area contributed by atoms with Gasteiger partial charge in [0.25, 0.3) is 5.91 Å². The van der Waals surface area contributed by atoms with Crippen LogP contribution in [-0.4, -0.2) is 55.4 Å². The van der Waals surface area contributed by atoms with Crippen molar-refractivity contribution in [2.24, 2.45) is 0 Å². The van der Waals surface area contributed by atoms with E-state index >= 15 is 0 Å². The van der Waals surface area contributed by atoms with E-state index in [0.29, 0.717) is 23.7 Å². The van der Waals surface area contributed by atoms with E-state index in [1.54, 1.807) is 32.2 Å². The summed E-state index contributed by atoms with van der Waals surface area (Å²) in [6.45, 7) is 0.710. The molecule has 0 aliphatic carbocycles. The molecule has 30 heavy (non-hydrogen) atoms. The van der Waals surface area contributed by atoms with Crippen LogP contribution in [0.2, 0.25) is 5.02 Å². The van der Waals surface area contributed by atoms with Crippen molar-refractivity contribution in [2.75, 3.05) is 33.1 Å². The maximum absolute atomic E-state index is 13.7. The summed E-state index contributed by atoms with van der Waals surface area (Å²) in [6, 6.07) is 13.0. The summed E-state index contributed by atoms with van der Waals surface area (Å²) in [5.41, 5.74) is 1.31. The van der Waals surface area contributed by atoms with Crippen molar-refractivity contribution in [3.05, 3.63) is 58.6 Å². The summed E-state index contributed by atoms with van der Waals surface area (Å²) in [6.07, 6.45) is 2.14. The Balaban J connectivity index is 1.91. The number of methoxy groups -OCH3 is 1. The first-order valence-electron chi connectivity index (χ1n) is 10.1. The molecule has 2 aliphatic rings. The molecule has 2 amide bonds. The molecule has 0 bridgehead atoms. The van der Waals surface area contributed by atoms with Gasteiger partial charge < -0.3 is 15.0 Å². The van der Waals surface area contributed by atoms with Crippen LogP contribution >= 0.6 is 11.6 Å². The molecule has 2 atom stereocenters. The van der Waals surface area contributed by atoms with Crippen LogP contribution in [-0.2, 0) is 15.1 Å². The molecule has 1 fully saturated rings. The normalized spacial score (nSPS) is 23.2. The zero-order valence-electron chi connectivity index (χ0n) is 17.4. The number of nitrogens with one attached hydrogen (secondary N) is 1. The minimum atomic E-state index is -1.07. The molecule has 158 valence electrons. The fourth-order valence-corrected chi connectivity index (χ4v) is 4.89. The Morgan fingerprint density at radius 3 is 2.83 bits per heavy atom. The van der Waals surface area contributed by atoms with Crippen LogP contribution < -0.4 is 10.1 Å². The highest BCUT2D eigenvalue weighted by atomic mass is 35.5. The fraction of sp³-hybridized carbons (Fsp3) is 0.391. The Morgan fingerprint density at radius 1 is 1.30 bits per heavy atom. The molecule has 1 N–H and O–H groups in total. The Hall–Kier alpha value is -2.57. The van der Waals surface area contributed by atoms with Gasteiger partial charge in [-0.15, -0.1) is 0 Å². The lowest BCUT2D eigenvalue weighted by molar-refractivity contribution is -0.132. The molecule has 0 aromatic heterocycles. The van der Waals surface area contributed by atoms with Crippen LogP contribution in [0.3, 0.4) is 0 Å². The molecule has 0 radical (unpaired) electrons. The highest BCUT2D eigenvalue weighted by Gasteiger charge is 2.55. The molecule has 6 nitrogen and oxygen atoms in total. The number of hydrogen-bond donors (Lipinski definition) is 1. The quantitative estimate of drug-likeness (QED) is 0.793. The fourth-order valence-electron chi connectivity index (χ4n) is 4.72. The van der Waals surface area contributed by atoms with Crippen molar-refractivity contribution in [1.29, 1.82) is 0 Å². The van der Waals surface area contributed by atoms with Crippen LogP contribution in [0.5, 0.6) is 5.75 Å². The van der Waals surface area contributed by atoms with Gasteiger partial charge in [-0.05, 0) is 48.7 Å². The van der Waals surface area contributed by atoms with E-state index in [1.807, 2.05) is 36.4 Å². The van der Waals surface area contributed by atoms with Gasteiger partial charge >= 0.3 is 0 Å². The third-order valence-electron chi connectivity index (χ3n) is 6.15. The highest BCUT2D eigenvalue weighted by Crippen LogP contribution is 2.49. The van der Waals surface area contributed by atoms with Crippen LogP contribution in [0.1, 0.15) is 30.4 Å². The minimum absolute atomic E-state index is 0.0532. The van der Waals surface area contributed by atoms with Crippen LogP contribution in [0, 0.1) is 0 Å². The smallest absolute Gasteiger partial charge is 0.254 e. The molecule has 2 aromatic rings. The Labute approximate surface area is 181 Å². The third kappa shape index (κ3) is 3.24. The van der Waals surface area contributed by atoms with Crippen molar-refractivity contribution >= 4 is 29.1 Å². The van der Waals surface area contributed by atoms with E-state index in [1.165, 1.54) is 0 Å². The van der Waals surface area contributed by atoms with Crippen molar-refractivity contribution in [3.63, 3.8) is 0 Å². The van der Waals surface area contributed by atoms with Gasteiger partial charge in [0.15, 0.2) is 5.54 Å². The number of ether oxygens (including phenoxy) is 1. The van der Waals surface area contributed by atoms with Crippen LogP contribution in [0.15, 0.2) is 42.5 Å². The predicted molar refractivity (Wildman–Crippen MR) is 117 cm³/mol. The number of halogens is 1. The molecule has 7 heteroatoms. The van der Waals surface area contributed by atoms with E-state index in [2.05, 4.69) is 10.2 Å². The zero-order valence-corrected chi connectivity index (χ0v) is 18.2. The lowest BCUT2D eigenvalue weighted by Crippen LogP contribution is -2.54. The van der Waals surface area contributed by atoms with Crippen molar-refractivity contribution in [2.45, 2.75) is 30.8 Å². The molecule has 2 aromatic carbocycles. The Morgan fingerprint density at radius 2 is 2.10 bits per heavy atom. The summed E-state index contributed by atoms with van der Waals surface area (Å²) in [5, 5.41) is 3.62. The van der Waals surface area contributed by atoms with Gasteiger partial charge in [-0.3, -0.25) is 14.5 Å². The number of anilines is 1. The van der Waals surface area contributed by atoms with Gasteiger partial charge in [0, 0.05) is 49.4 Å². The van der Waals surface area contributed by atoms with Gasteiger partial charge in [0.2, 0.25) is 5.91 Å². The number of carbonyl (C=O) groups is 2. The molecule has 2 heterocycles. The van der Waals surface area contributed by atoms with Gasteiger partial charge in [0.05, 0.1) is 7.11 Å². The van der Waals surface area contributed by atoms with Crippen molar-refractivity contribution in [3.8, 4) is 5.75 Å². The molecule has 0 spiro atoms. The number of fused-ring (bicyclic) bond motifs is 1. The maximum Gasteiger partial charge on any atom is 0.254 e. The molecular weight excluding hydrogens is 402 g/mol. The monoisotopic (exact) mass is 427 g/mol. The summed E-state index contributed by atoms with van der Waals surface area (Å²) >= 11 is 6.37. The first kappa shape index (κ1) is 20.7. The van der Waals surface area contributed by atoms with Crippen molar-refractivity contribution < 1.29 is 14.3 Å². The summed E-state index contributed by atoms with van der Waals surface area (Å²) < 4.78 is 5.45. The number of likely N-dealkylation sites (tertiary alicyclic amines) is 1. The lowest BCUT2D eigenvalue weighted by atomic mass is 9.81. The molecule has 4 rings (SSSR count). The third-order valence-corrected chi connectivity index (χ3v) is 6.39. The second kappa shape index (κ2) is 7.93. The van der Waals surface area contributed by atoms with E-state index < -0.39 is 5.54 Å². The Bertz CT molecular complexity index is 993. The molecule has 0 saturated carbocycles. The number of amides is 2. The Kier molecular flexibility index (Phi) is 5.47. The zero-order chi connectivity index (χ0) is 21.5. The van der Waals surface area contributed by atoms with E-state index in [9.17, 15) is 9.59 Å². The van der Waals surface area contributed by atoms with Gasteiger partial charge in [-0.25, -0.2) is 0 Å². The average molecular weight is 428 g/mol. The van der Waals surface area contributed by atoms with Crippen molar-refractivity contribution in [1.82, 2.24) is 9.80 Å². The summed E-state index contributed by atoms with van der Waals surface area (Å²) in [4.78, 5) is 30.0. The second-order valence-corrected chi connectivity index (χ2v) is 8.50. The lowest BCUT2D eigenvalue weighted by Gasteiger charge is -2.41. The van der Waals surface area contributed by atoms with Crippen LogP contribution in [0.25, 0.3) is 0 Å². The largest absolute Gasteiger partial charge is 0.497 e. The molecule has 1 saturated heterocycles. The SMILES string of the molecule is COc1cccc(C2(N3CCC[C@H]3CC(=O)N(C)C)C(=O)Nc3ccc(Cl)cc32)c1. The number of carbonyl (C=O) groups excluding carboxylic acids is 2. The number of benzene rings is 2. The highest BCUT2D eigenvalue weighted by molar-refractivity contribution is 6.31. The number of rotatable bonds is 5. The van der Waals surface area contributed by atoms with E-state index in [-0.39, 0.29) is 17.9 Å². The molecular formula is C23H26ClN3O3. The summed E-state index contributed by atoms with van der Waals surface area (Å²) in [5.74, 6) is 0.602. The van der Waals surface area contributed by atoms with Gasteiger partial charge in [-0.1, -0.05) is 23.7 Å². The standard InChI is InChI=1S/C23H26ClN3O3/c1-26(2)21(28)14-17-7-5-11-27(17)23(15-6-4-8-18(12-15)30-3)19-13-16(24)9-10-20(19)25-22(23)29/h4,6,8-10,12-13,17H,5,7,11,14H2,1-3H3,(H,25,29)/t17-,23?/m0/s1. The number of nitrogens with zero attached hydrogens (tertiary/aromatic N) is 2. The first-order chi connectivity index (χ1) is 14.4. The first-order valence-corrected chi connectivity index (χ1v) is 10.5. The molecule has 2 aliphatic heterocycles.